The number of hydrogen-bond acceptors (Lipinski definition) is 2. The lowest BCUT2D eigenvalue weighted by molar-refractivity contribution is 0.369. The van der Waals surface area contributed by atoms with Crippen LogP contribution >= 0.6 is 35.6 Å². The maximum Gasteiger partial charge on any atom is 0.178 e. The molecule has 0 aliphatic heterocycles. The number of aromatic nitrogens is 2. The van der Waals surface area contributed by atoms with Crippen LogP contribution in [0.15, 0.2) is 18.2 Å². The van der Waals surface area contributed by atoms with Crippen molar-refractivity contribution in [3.8, 4) is 0 Å². The van der Waals surface area contributed by atoms with E-state index in [9.17, 15) is 0 Å². The minimum atomic E-state index is 0.489. The van der Waals surface area contributed by atoms with E-state index in [1.807, 2.05) is 23.9 Å². The van der Waals surface area contributed by atoms with Crippen LogP contribution in [0.5, 0.6) is 0 Å². The minimum Gasteiger partial charge on any atom is -0.329 e. The highest BCUT2D eigenvalue weighted by molar-refractivity contribution is 7.99. The number of rotatable bonds is 2. The van der Waals surface area contributed by atoms with E-state index in [-0.39, 0.29) is 0 Å². The highest BCUT2D eigenvalue weighted by atomic mass is 35.5. The quantitative estimate of drug-likeness (QED) is 0.769. The molecule has 2 aromatic rings. The summed E-state index contributed by atoms with van der Waals surface area (Å²) in [5, 5.41) is 1.40. The average molecular weight is 313 g/mol. The van der Waals surface area contributed by atoms with Gasteiger partial charge in [0.05, 0.1) is 16.1 Å². The van der Waals surface area contributed by atoms with Crippen molar-refractivity contribution in [3.63, 3.8) is 0 Å². The van der Waals surface area contributed by atoms with Crippen molar-refractivity contribution in [1.29, 1.82) is 0 Å². The fraction of sp³-hybridized carbons (Fsp3) is 0.500. The van der Waals surface area contributed by atoms with Crippen molar-refractivity contribution in [2.45, 2.75) is 37.0 Å². The first kappa shape index (κ1) is 13.5. The lowest BCUT2D eigenvalue weighted by Gasteiger charge is -2.31. The van der Waals surface area contributed by atoms with Gasteiger partial charge >= 0.3 is 0 Å². The van der Waals surface area contributed by atoms with Gasteiger partial charge in [-0.1, -0.05) is 30.5 Å². The zero-order valence-corrected chi connectivity index (χ0v) is 13.2. The fourth-order valence-corrected chi connectivity index (χ4v) is 4.62. The molecule has 0 amide bonds. The number of imidazole rings is 1. The zero-order valence-electron chi connectivity index (χ0n) is 10.9. The number of aromatic amines is 1. The third-order valence-corrected chi connectivity index (χ3v) is 5.77. The van der Waals surface area contributed by atoms with Gasteiger partial charge in [-0.3, -0.25) is 0 Å². The molecule has 0 saturated heterocycles. The Kier molecular flexibility index (Phi) is 3.92. The molecule has 3 rings (SSSR count). The molecule has 0 bridgehead atoms. The topological polar surface area (TPSA) is 20.7 Å². The molecule has 1 aliphatic carbocycles. The van der Waals surface area contributed by atoms with Gasteiger partial charge in [-0.05, 0) is 43.4 Å². The molecule has 19 heavy (non-hydrogen) atoms. The van der Waals surface area contributed by atoms with Crippen LogP contribution in [0.4, 0.5) is 0 Å². The predicted octanol–water partition coefficient (Wildman–Crippen LogP) is 5.20. The Morgan fingerprint density at radius 1 is 1.37 bits per heavy atom. The molecule has 1 aromatic heterocycles. The molecule has 5 heteroatoms. The molecule has 1 fully saturated rings. The number of H-pyrrole nitrogens is 1. The second-order valence-corrected chi connectivity index (χ2v) is 6.93. The van der Waals surface area contributed by atoms with Crippen molar-refractivity contribution < 1.29 is 0 Å². The summed E-state index contributed by atoms with van der Waals surface area (Å²) < 4.78 is 3.09. The van der Waals surface area contributed by atoms with Crippen LogP contribution in [-0.4, -0.2) is 21.1 Å². The van der Waals surface area contributed by atoms with Crippen LogP contribution in [-0.2, 0) is 0 Å². The van der Waals surface area contributed by atoms with E-state index < -0.39 is 0 Å². The molecular weight excluding hydrogens is 296 g/mol. The summed E-state index contributed by atoms with van der Waals surface area (Å²) in [5.41, 5.74) is 2.11. The smallest absolute Gasteiger partial charge is 0.178 e. The predicted molar refractivity (Wildman–Crippen MR) is 86.9 cm³/mol. The Morgan fingerprint density at radius 3 is 2.95 bits per heavy atom. The summed E-state index contributed by atoms with van der Waals surface area (Å²) in [6.45, 7) is 0. The molecular formula is C14H17ClN2S2. The lowest BCUT2D eigenvalue weighted by atomic mass is 9.94. The number of fused-ring (bicyclic) bond motifs is 1. The van der Waals surface area contributed by atoms with E-state index in [4.69, 9.17) is 23.8 Å². The van der Waals surface area contributed by atoms with Crippen molar-refractivity contribution in [3.05, 3.63) is 28.0 Å². The maximum atomic E-state index is 6.26. The van der Waals surface area contributed by atoms with Crippen molar-refractivity contribution in [1.82, 2.24) is 9.55 Å². The Bertz CT molecular complexity index is 646. The van der Waals surface area contributed by atoms with E-state index in [2.05, 4.69) is 21.9 Å². The number of halogens is 1. The molecule has 2 atom stereocenters. The van der Waals surface area contributed by atoms with Crippen LogP contribution in [0, 0.1) is 4.77 Å². The van der Waals surface area contributed by atoms with Gasteiger partial charge in [0.2, 0.25) is 0 Å². The second kappa shape index (κ2) is 5.51. The molecule has 1 aromatic carbocycles. The fourth-order valence-electron chi connectivity index (χ4n) is 3.09. The molecule has 2 nitrogen and oxygen atoms in total. The molecule has 102 valence electrons. The summed E-state index contributed by atoms with van der Waals surface area (Å²) in [7, 11) is 0. The second-order valence-electron chi connectivity index (χ2n) is 5.06. The van der Waals surface area contributed by atoms with Gasteiger partial charge in [-0.25, -0.2) is 0 Å². The van der Waals surface area contributed by atoms with E-state index >= 15 is 0 Å². The summed E-state index contributed by atoms with van der Waals surface area (Å²) in [6, 6.07) is 6.51. The Hall–Kier alpha value is -0.450. The van der Waals surface area contributed by atoms with Gasteiger partial charge in [0, 0.05) is 11.3 Å². The first-order valence-corrected chi connectivity index (χ1v) is 8.71. The van der Waals surface area contributed by atoms with E-state index in [0.29, 0.717) is 11.3 Å². The van der Waals surface area contributed by atoms with Gasteiger partial charge < -0.3 is 9.55 Å². The number of thioether (sulfide) groups is 1. The number of para-hydroxylation sites is 1. The van der Waals surface area contributed by atoms with Gasteiger partial charge in [-0.15, -0.1) is 0 Å². The van der Waals surface area contributed by atoms with E-state index in [1.54, 1.807) is 0 Å². The maximum absolute atomic E-state index is 6.26. The first-order chi connectivity index (χ1) is 9.22. The minimum absolute atomic E-state index is 0.489. The standard InChI is InChI=1S/C14H17ClN2S2/c1-19-12-8-3-2-6-10(12)17-11-7-4-5-9(15)13(11)16-14(17)18/h4-5,7,10,12H,2-3,6,8H2,1H3,(H,16,18). The number of hydrogen-bond donors (Lipinski definition) is 1. The summed E-state index contributed by atoms with van der Waals surface area (Å²) in [6.07, 6.45) is 7.31. The third kappa shape index (κ3) is 2.34. The summed E-state index contributed by atoms with van der Waals surface area (Å²) in [5.74, 6) is 0. The number of nitrogens with one attached hydrogen (secondary N) is 1. The SMILES string of the molecule is CSC1CCCCC1n1c(=S)[nH]c2c(Cl)cccc21. The van der Waals surface area contributed by atoms with Crippen LogP contribution < -0.4 is 0 Å². The van der Waals surface area contributed by atoms with Crippen molar-refractivity contribution in [2.24, 2.45) is 0 Å². The zero-order chi connectivity index (χ0) is 13.4. The molecule has 0 spiro atoms. The third-order valence-electron chi connectivity index (χ3n) is 4.00. The Balaban J connectivity index is 2.16. The normalized spacial score (nSPS) is 23.9. The van der Waals surface area contributed by atoms with Crippen LogP contribution in [0.2, 0.25) is 5.02 Å². The average Bonchev–Trinajstić information content (AvgIpc) is 2.76. The monoisotopic (exact) mass is 312 g/mol. The van der Waals surface area contributed by atoms with Gasteiger partial charge in [0.15, 0.2) is 4.77 Å². The van der Waals surface area contributed by atoms with Crippen molar-refractivity contribution in [2.75, 3.05) is 6.26 Å². The summed E-state index contributed by atoms with van der Waals surface area (Å²) in [4.78, 5) is 3.27. The highest BCUT2D eigenvalue weighted by Crippen LogP contribution is 2.38. The van der Waals surface area contributed by atoms with Crippen LogP contribution in [0.3, 0.4) is 0 Å². The molecule has 1 saturated carbocycles. The Morgan fingerprint density at radius 2 is 2.16 bits per heavy atom. The van der Waals surface area contributed by atoms with Gasteiger partial charge in [-0.2, -0.15) is 11.8 Å². The van der Waals surface area contributed by atoms with Crippen LogP contribution in [0.25, 0.3) is 11.0 Å². The molecule has 1 heterocycles. The molecule has 0 radical (unpaired) electrons. The van der Waals surface area contributed by atoms with E-state index in [0.717, 1.165) is 20.8 Å². The van der Waals surface area contributed by atoms with Crippen molar-refractivity contribution >= 4 is 46.6 Å². The summed E-state index contributed by atoms with van der Waals surface area (Å²) >= 11 is 13.7. The first-order valence-electron chi connectivity index (χ1n) is 6.64. The Labute approximate surface area is 127 Å². The highest BCUT2D eigenvalue weighted by Gasteiger charge is 2.27. The number of nitrogens with zero attached hydrogens (tertiary/aromatic N) is 1. The molecule has 2 unspecified atom stereocenters. The largest absolute Gasteiger partial charge is 0.329 e. The number of benzene rings is 1. The lowest BCUT2D eigenvalue weighted by Crippen LogP contribution is -2.25. The van der Waals surface area contributed by atoms with Crippen LogP contribution in [0.1, 0.15) is 31.7 Å². The van der Waals surface area contributed by atoms with E-state index in [1.165, 1.54) is 25.7 Å². The van der Waals surface area contributed by atoms with Gasteiger partial charge in [0.25, 0.3) is 0 Å². The molecule has 1 aliphatic rings. The van der Waals surface area contributed by atoms with Gasteiger partial charge in [0.1, 0.15) is 0 Å². The molecule has 1 N–H and O–H groups in total.